The van der Waals surface area contributed by atoms with Gasteiger partial charge in [0.25, 0.3) is 0 Å². The molecule has 0 saturated carbocycles. The molecule has 0 aliphatic carbocycles. The number of hydrogen-bond acceptors (Lipinski definition) is 6. The molecule has 7 heteroatoms. The van der Waals surface area contributed by atoms with E-state index >= 15 is 0 Å². The number of esters is 1. The third kappa shape index (κ3) is 9.57. The Balaban J connectivity index is 2.31. The van der Waals surface area contributed by atoms with Gasteiger partial charge in [0.2, 0.25) is 0 Å². The highest BCUT2D eigenvalue weighted by Crippen LogP contribution is 2.49. The lowest BCUT2D eigenvalue weighted by Gasteiger charge is -2.20. The van der Waals surface area contributed by atoms with Crippen molar-refractivity contribution >= 4 is 13.6 Å². The largest absolute Gasteiger partial charge is 0.463 e. The van der Waals surface area contributed by atoms with Gasteiger partial charge in [0.15, 0.2) is 0 Å². The molecule has 0 spiro atoms. The van der Waals surface area contributed by atoms with Gasteiger partial charge in [0.1, 0.15) is 12.7 Å². The Bertz CT molecular complexity index is 362. The monoisotopic (exact) mass is 336 g/mol. The molecule has 0 N–H and O–H groups in total. The Hall–Kier alpha value is -0.420. The molecular formula is C15H29O6P. The van der Waals surface area contributed by atoms with Crippen LogP contribution in [-0.2, 0) is 27.9 Å². The lowest BCUT2D eigenvalue weighted by Crippen LogP contribution is -2.12. The summed E-state index contributed by atoms with van der Waals surface area (Å²) in [5.41, 5.74) is 0. The second-order valence-electron chi connectivity index (χ2n) is 6.46. The first-order valence-electron chi connectivity index (χ1n) is 7.96. The van der Waals surface area contributed by atoms with E-state index < -0.39 is 7.60 Å². The second kappa shape index (κ2) is 9.66. The molecule has 1 heterocycles. The van der Waals surface area contributed by atoms with Crippen LogP contribution in [0.15, 0.2) is 0 Å². The molecule has 0 amide bonds. The van der Waals surface area contributed by atoms with Gasteiger partial charge in [0, 0.05) is 6.42 Å². The van der Waals surface area contributed by atoms with Crippen molar-refractivity contribution < 1.29 is 27.9 Å². The van der Waals surface area contributed by atoms with Gasteiger partial charge in [-0.15, -0.1) is 0 Å². The summed E-state index contributed by atoms with van der Waals surface area (Å²) in [6.45, 7) is 9.71. The normalized spacial score (nSPS) is 18.0. The van der Waals surface area contributed by atoms with E-state index in [9.17, 15) is 9.36 Å². The first-order valence-corrected chi connectivity index (χ1v) is 9.69. The van der Waals surface area contributed by atoms with E-state index in [1.807, 2.05) is 27.7 Å². The smallest absolute Gasteiger partial charge is 0.330 e. The Morgan fingerprint density at radius 1 is 1.18 bits per heavy atom. The summed E-state index contributed by atoms with van der Waals surface area (Å²) in [4.78, 5) is 11.5. The van der Waals surface area contributed by atoms with Gasteiger partial charge in [0.05, 0.1) is 26.0 Å². The van der Waals surface area contributed by atoms with Gasteiger partial charge in [-0.25, -0.2) is 0 Å². The first kappa shape index (κ1) is 19.6. The Kier molecular flexibility index (Phi) is 8.62. The molecule has 1 unspecified atom stereocenters. The average Bonchev–Trinajstić information content (AvgIpc) is 3.25. The van der Waals surface area contributed by atoms with Crippen LogP contribution >= 0.6 is 7.60 Å². The third-order valence-electron chi connectivity index (χ3n) is 2.85. The highest BCUT2D eigenvalue weighted by Gasteiger charge is 2.27. The maximum Gasteiger partial charge on any atom is 0.330 e. The van der Waals surface area contributed by atoms with Crippen molar-refractivity contribution in [2.24, 2.45) is 11.8 Å². The van der Waals surface area contributed by atoms with Crippen molar-refractivity contribution in [3.8, 4) is 0 Å². The van der Waals surface area contributed by atoms with Gasteiger partial charge in [-0.05, 0) is 18.3 Å². The Morgan fingerprint density at radius 3 is 2.18 bits per heavy atom. The topological polar surface area (TPSA) is 74.4 Å². The molecular weight excluding hydrogens is 307 g/mol. The van der Waals surface area contributed by atoms with Crippen LogP contribution in [0.25, 0.3) is 0 Å². The molecule has 130 valence electrons. The highest BCUT2D eigenvalue weighted by atomic mass is 31.2. The van der Waals surface area contributed by atoms with E-state index in [0.717, 1.165) is 0 Å². The SMILES string of the molecule is CC(C)COP(=O)(CCCC(=O)OCC1CO1)OCC(C)C. The van der Waals surface area contributed by atoms with Gasteiger partial charge in [-0.1, -0.05) is 27.7 Å². The predicted molar refractivity (Wildman–Crippen MR) is 84.0 cm³/mol. The standard InChI is InChI=1S/C15H29O6P/c1-12(2)8-20-22(17,21-9-13(3)4)7-5-6-15(16)19-11-14-10-18-14/h12-14H,5-11H2,1-4H3. The fourth-order valence-electron chi connectivity index (χ4n) is 1.53. The number of hydrogen-bond donors (Lipinski definition) is 0. The van der Waals surface area contributed by atoms with Crippen molar-refractivity contribution in [1.29, 1.82) is 0 Å². The van der Waals surface area contributed by atoms with Gasteiger partial charge >= 0.3 is 13.6 Å². The predicted octanol–water partition coefficient (Wildman–Crippen LogP) is 3.25. The van der Waals surface area contributed by atoms with Gasteiger partial charge in [-0.3, -0.25) is 9.36 Å². The summed E-state index contributed by atoms with van der Waals surface area (Å²) >= 11 is 0. The van der Waals surface area contributed by atoms with Crippen LogP contribution in [-0.4, -0.2) is 44.7 Å². The first-order chi connectivity index (χ1) is 10.3. The van der Waals surface area contributed by atoms with Crippen molar-refractivity contribution in [3.05, 3.63) is 0 Å². The Labute approximate surface area is 133 Å². The van der Waals surface area contributed by atoms with Crippen LogP contribution in [0.2, 0.25) is 0 Å². The van der Waals surface area contributed by atoms with E-state index in [0.29, 0.717) is 32.8 Å². The number of carbonyl (C=O) groups excluding carboxylic acids is 1. The lowest BCUT2D eigenvalue weighted by molar-refractivity contribution is -0.144. The zero-order valence-corrected chi connectivity index (χ0v) is 15.0. The van der Waals surface area contributed by atoms with E-state index in [-0.39, 0.29) is 36.5 Å². The molecule has 6 nitrogen and oxygen atoms in total. The van der Waals surface area contributed by atoms with Crippen LogP contribution in [0, 0.1) is 11.8 Å². The fourth-order valence-corrected chi connectivity index (χ4v) is 3.46. The van der Waals surface area contributed by atoms with Crippen molar-refractivity contribution in [1.82, 2.24) is 0 Å². The minimum absolute atomic E-state index is 0.0683. The van der Waals surface area contributed by atoms with E-state index in [2.05, 4.69) is 0 Å². The maximum absolute atomic E-state index is 12.7. The quantitative estimate of drug-likeness (QED) is 0.309. The summed E-state index contributed by atoms with van der Waals surface area (Å²) in [7, 11) is -3.14. The number of epoxide rings is 1. The number of ether oxygens (including phenoxy) is 2. The van der Waals surface area contributed by atoms with Gasteiger partial charge in [-0.2, -0.15) is 0 Å². The fraction of sp³-hybridized carbons (Fsp3) is 0.933. The van der Waals surface area contributed by atoms with Crippen LogP contribution in [0.5, 0.6) is 0 Å². The molecule has 0 bridgehead atoms. The number of rotatable bonds is 12. The Morgan fingerprint density at radius 2 is 1.73 bits per heavy atom. The summed E-state index contributed by atoms with van der Waals surface area (Å²) in [5.74, 6) is 0.258. The van der Waals surface area contributed by atoms with Crippen LogP contribution in [0.3, 0.4) is 0 Å². The molecule has 0 aromatic heterocycles. The molecule has 0 aromatic carbocycles. The van der Waals surface area contributed by atoms with Crippen molar-refractivity contribution in [2.75, 3.05) is 32.6 Å². The minimum Gasteiger partial charge on any atom is -0.463 e. The summed E-state index contributed by atoms with van der Waals surface area (Å²) < 4.78 is 33.7. The molecule has 1 saturated heterocycles. The zero-order valence-electron chi connectivity index (χ0n) is 14.1. The van der Waals surface area contributed by atoms with E-state index in [1.54, 1.807) is 0 Å². The second-order valence-corrected chi connectivity index (χ2v) is 8.64. The van der Waals surface area contributed by atoms with Crippen LogP contribution < -0.4 is 0 Å². The molecule has 1 aliphatic heterocycles. The molecule has 22 heavy (non-hydrogen) atoms. The molecule has 1 aliphatic rings. The van der Waals surface area contributed by atoms with E-state index in [4.69, 9.17) is 18.5 Å². The highest BCUT2D eigenvalue weighted by molar-refractivity contribution is 7.53. The average molecular weight is 336 g/mol. The summed E-state index contributed by atoms with van der Waals surface area (Å²) in [6, 6.07) is 0. The van der Waals surface area contributed by atoms with Gasteiger partial charge < -0.3 is 18.5 Å². The number of carbonyl (C=O) groups is 1. The van der Waals surface area contributed by atoms with Crippen molar-refractivity contribution in [3.63, 3.8) is 0 Å². The zero-order chi connectivity index (χ0) is 16.6. The summed E-state index contributed by atoms with van der Waals surface area (Å²) in [6.07, 6.45) is 0.949. The molecule has 1 atom stereocenters. The molecule has 1 fully saturated rings. The van der Waals surface area contributed by atoms with Crippen molar-refractivity contribution in [2.45, 2.75) is 46.6 Å². The molecule has 0 radical (unpaired) electrons. The molecule has 1 rings (SSSR count). The third-order valence-corrected chi connectivity index (χ3v) is 4.80. The molecule has 0 aromatic rings. The van der Waals surface area contributed by atoms with Crippen LogP contribution in [0.1, 0.15) is 40.5 Å². The van der Waals surface area contributed by atoms with Crippen LogP contribution in [0.4, 0.5) is 0 Å². The minimum atomic E-state index is -3.14. The lowest BCUT2D eigenvalue weighted by atomic mass is 10.2. The maximum atomic E-state index is 12.7. The van der Waals surface area contributed by atoms with E-state index in [1.165, 1.54) is 0 Å². The summed E-state index contributed by atoms with van der Waals surface area (Å²) in [5, 5.41) is 0.